The third-order valence-corrected chi connectivity index (χ3v) is 2.48. The summed E-state index contributed by atoms with van der Waals surface area (Å²) < 4.78 is 4.69. The van der Waals surface area contributed by atoms with Crippen LogP contribution in [0.3, 0.4) is 0 Å². The predicted molar refractivity (Wildman–Crippen MR) is 59.4 cm³/mol. The van der Waals surface area contributed by atoms with E-state index in [4.69, 9.17) is 4.74 Å². The van der Waals surface area contributed by atoms with Gasteiger partial charge in [0.25, 0.3) is 0 Å². The monoisotopic (exact) mass is 207 g/mol. The molecule has 3 heteroatoms. The first-order valence-electron chi connectivity index (χ1n) is 4.97. The zero-order valence-corrected chi connectivity index (χ0v) is 9.43. The van der Waals surface area contributed by atoms with Crippen molar-refractivity contribution >= 4 is 5.97 Å². The summed E-state index contributed by atoms with van der Waals surface area (Å²) in [6.07, 6.45) is 0. The van der Waals surface area contributed by atoms with Gasteiger partial charge in [-0.2, -0.15) is 0 Å². The summed E-state index contributed by atoms with van der Waals surface area (Å²) in [5, 5.41) is 0. The molecule has 0 heterocycles. The maximum Gasteiger partial charge on any atom is 0.322 e. The van der Waals surface area contributed by atoms with E-state index in [-0.39, 0.29) is 12.0 Å². The van der Waals surface area contributed by atoms with Crippen molar-refractivity contribution in [2.45, 2.75) is 19.5 Å². The van der Waals surface area contributed by atoms with Crippen LogP contribution in [0.5, 0.6) is 0 Å². The molecule has 0 aliphatic carbocycles. The molecular weight excluding hydrogens is 190 g/mol. The van der Waals surface area contributed by atoms with Crippen molar-refractivity contribution in [1.29, 1.82) is 0 Å². The molecule has 0 spiro atoms. The normalized spacial score (nSPS) is 12.5. The molecule has 1 atom stereocenters. The maximum absolute atomic E-state index is 11.3. The summed E-state index contributed by atoms with van der Waals surface area (Å²) in [7, 11) is 3.32. The van der Waals surface area contributed by atoms with Gasteiger partial charge >= 0.3 is 5.97 Å². The van der Waals surface area contributed by atoms with Crippen LogP contribution in [-0.2, 0) is 16.1 Å². The molecule has 0 radical (unpaired) electrons. The molecule has 15 heavy (non-hydrogen) atoms. The van der Waals surface area contributed by atoms with Gasteiger partial charge in [-0.05, 0) is 19.5 Å². The second kappa shape index (κ2) is 5.51. The Morgan fingerprint density at radius 1 is 1.40 bits per heavy atom. The number of rotatable bonds is 4. The fourth-order valence-corrected chi connectivity index (χ4v) is 1.36. The van der Waals surface area contributed by atoms with Crippen LogP contribution in [0, 0.1) is 0 Å². The Balaban J connectivity index is 2.56. The van der Waals surface area contributed by atoms with Crippen LogP contribution in [-0.4, -0.2) is 31.1 Å². The van der Waals surface area contributed by atoms with Crippen molar-refractivity contribution in [3.8, 4) is 0 Å². The maximum atomic E-state index is 11.3. The molecule has 1 aromatic carbocycles. The van der Waals surface area contributed by atoms with Crippen LogP contribution in [0.15, 0.2) is 30.3 Å². The van der Waals surface area contributed by atoms with Gasteiger partial charge in [0.2, 0.25) is 0 Å². The number of likely N-dealkylation sites (N-methyl/N-ethyl adjacent to an activating group) is 1. The van der Waals surface area contributed by atoms with E-state index in [0.29, 0.717) is 0 Å². The zero-order chi connectivity index (χ0) is 11.3. The molecule has 0 aliphatic rings. The summed E-state index contributed by atoms with van der Waals surface area (Å²) in [4.78, 5) is 13.2. The SMILES string of the molecule is COC(=O)[C@@H](C)N(C)Cc1ccccc1. The van der Waals surface area contributed by atoms with Gasteiger partial charge in [0, 0.05) is 6.54 Å². The summed E-state index contributed by atoms with van der Waals surface area (Å²) in [5.74, 6) is -0.201. The molecule has 0 unspecified atom stereocenters. The molecule has 0 N–H and O–H groups in total. The predicted octanol–water partition coefficient (Wildman–Crippen LogP) is 1.68. The van der Waals surface area contributed by atoms with Crippen molar-refractivity contribution < 1.29 is 9.53 Å². The van der Waals surface area contributed by atoms with Gasteiger partial charge in [-0.3, -0.25) is 9.69 Å². The van der Waals surface area contributed by atoms with Crippen molar-refractivity contribution in [2.24, 2.45) is 0 Å². The number of hydrogen-bond donors (Lipinski definition) is 0. The molecule has 3 nitrogen and oxygen atoms in total. The first-order valence-corrected chi connectivity index (χ1v) is 4.97. The molecule has 0 amide bonds. The number of benzene rings is 1. The fraction of sp³-hybridized carbons (Fsp3) is 0.417. The van der Waals surface area contributed by atoms with E-state index >= 15 is 0 Å². The fourth-order valence-electron chi connectivity index (χ4n) is 1.36. The number of carbonyl (C=O) groups is 1. The number of nitrogens with zero attached hydrogens (tertiary/aromatic N) is 1. The van der Waals surface area contributed by atoms with Crippen molar-refractivity contribution in [3.05, 3.63) is 35.9 Å². The smallest absolute Gasteiger partial charge is 0.322 e. The zero-order valence-electron chi connectivity index (χ0n) is 9.43. The highest BCUT2D eigenvalue weighted by Gasteiger charge is 2.17. The number of methoxy groups -OCH3 is 1. The average Bonchev–Trinajstić information content (AvgIpc) is 2.28. The highest BCUT2D eigenvalue weighted by molar-refractivity contribution is 5.75. The van der Waals surface area contributed by atoms with Gasteiger partial charge in [0.05, 0.1) is 7.11 Å². The average molecular weight is 207 g/mol. The lowest BCUT2D eigenvalue weighted by molar-refractivity contribution is -0.145. The Labute approximate surface area is 90.7 Å². The minimum absolute atomic E-state index is 0.201. The summed E-state index contributed by atoms with van der Waals surface area (Å²) in [5.41, 5.74) is 1.19. The summed E-state index contributed by atoms with van der Waals surface area (Å²) >= 11 is 0. The van der Waals surface area contributed by atoms with Gasteiger partial charge in [-0.25, -0.2) is 0 Å². The first kappa shape index (κ1) is 11.7. The van der Waals surface area contributed by atoms with E-state index in [1.165, 1.54) is 12.7 Å². The third-order valence-electron chi connectivity index (χ3n) is 2.48. The topological polar surface area (TPSA) is 29.5 Å². The van der Waals surface area contributed by atoms with Gasteiger partial charge < -0.3 is 4.74 Å². The van der Waals surface area contributed by atoms with Crippen molar-refractivity contribution in [1.82, 2.24) is 4.90 Å². The number of ether oxygens (including phenoxy) is 1. The van der Waals surface area contributed by atoms with E-state index < -0.39 is 0 Å². The van der Waals surface area contributed by atoms with E-state index in [2.05, 4.69) is 0 Å². The van der Waals surface area contributed by atoms with Gasteiger partial charge in [0.15, 0.2) is 0 Å². The van der Waals surface area contributed by atoms with E-state index in [1.54, 1.807) is 0 Å². The Bertz CT molecular complexity index is 311. The number of hydrogen-bond acceptors (Lipinski definition) is 3. The Hall–Kier alpha value is -1.35. The highest BCUT2D eigenvalue weighted by atomic mass is 16.5. The van der Waals surface area contributed by atoms with Gasteiger partial charge in [-0.15, -0.1) is 0 Å². The summed E-state index contributed by atoms with van der Waals surface area (Å²) in [6, 6.07) is 9.84. The van der Waals surface area contributed by atoms with Crippen LogP contribution in [0.1, 0.15) is 12.5 Å². The van der Waals surface area contributed by atoms with E-state index in [9.17, 15) is 4.79 Å². The van der Waals surface area contributed by atoms with Crippen LogP contribution in [0.25, 0.3) is 0 Å². The second-order valence-electron chi connectivity index (χ2n) is 3.60. The Morgan fingerprint density at radius 2 is 2.00 bits per heavy atom. The molecule has 0 saturated heterocycles. The molecule has 0 saturated carbocycles. The van der Waals surface area contributed by atoms with E-state index in [0.717, 1.165) is 6.54 Å². The molecule has 0 bridgehead atoms. The van der Waals surface area contributed by atoms with Crippen molar-refractivity contribution in [3.63, 3.8) is 0 Å². The quantitative estimate of drug-likeness (QED) is 0.703. The minimum Gasteiger partial charge on any atom is -0.468 e. The molecule has 1 rings (SSSR count). The van der Waals surface area contributed by atoms with Crippen molar-refractivity contribution in [2.75, 3.05) is 14.2 Å². The second-order valence-corrected chi connectivity index (χ2v) is 3.60. The van der Waals surface area contributed by atoms with E-state index in [1.807, 2.05) is 49.2 Å². The summed E-state index contributed by atoms with van der Waals surface area (Å²) in [6.45, 7) is 2.59. The molecule has 0 aliphatic heterocycles. The Morgan fingerprint density at radius 3 is 2.53 bits per heavy atom. The molecule has 0 fully saturated rings. The minimum atomic E-state index is -0.213. The van der Waals surface area contributed by atoms with Crippen LogP contribution >= 0.6 is 0 Å². The lowest BCUT2D eigenvalue weighted by Crippen LogP contribution is -2.36. The lowest BCUT2D eigenvalue weighted by atomic mass is 10.2. The Kier molecular flexibility index (Phi) is 4.31. The standard InChI is InChI=1S/C12H17NO2/c1-10(12(14)15-3)13(2)9-11-7-5-4-6-8-11/h4-8,10H,9H2,1-3H3/t10-/m1/s1. The van der Waals surface area contributed by atoms with Crippen LogP contribution in [0.2, 0.25) is 0 Å². The van der Waals surface area contributed by atoms with Crippen LogP contribution in [0.4, 0.5) is 0 Å². The van der Waals surface area contributed by atoms with Gasteiger partial charge in [0.1, 0.15) is 6.04 Å². The molecular formula is C12H17NO2. The molecule has 1 aromatic rings. The lowest BCUT2D eigenvalue weighted by Gasteiger charge is -2.22. The highest BCUT2D eigenvalue weighted by Crippen LogP contribution is 2.06. The largest absolute Gasteiger partial charge is 0.468 e. The first-order chi connectivity index (χ1) is 7.15. The van der Waals surface area contributed by atoms with Crippen LogP contribution < -0.4 is 0 Å². The molecule has 0 aromatic heterocycles. The molecule has 82 valence electrons. The third kappa shape index (κ3) is 3.36. The van der Waals surface area contributed by atoms with Gasteiger partial charge in [-0.1, -0.05) is 30.3 Å². The number of esters is 1. The number of carbonyl (C=O) groups excluding carboxylic acids is 1.